The Kier molecular flexibility index (Phi) is 5.89. The summed E-state index contributed by atoms with van der Waals surface area (Å²) in [5.41, 5.74) is 3.15. The summed E-state index contributed by atoms with van der Waals surface area (Å²) in [6.07, 6.45) is 6.58. The van der Waals surface area contributed by atoms with Gasteiger partial charge in [0.1, 0.15) is 24.2 Å². The molecule has 0 aliphatic carbocycles. The van der Waals surface area contributed by atoms with Crippen LogP contribution in [0, 0.1) is 5.82 Å². The summed E-state index contributed by atoms with van der Waals surface area (Å²) in [6, 6.07) is 13.9. The zero-order valence-corrected chi connectivity index (χ0v) is 17.0. The Labute approximate surface area is 177 Å². The van der Waals surface area contributed by atoms with E-state index in [-0.39, 0.29) is 11.7 Å². The first-order valence-electron chi connectivity index (χ1n) is 9.20. The topological polar surface area (TPSA) is 77.6 Å². The van der Waals surface area contributed by atoms with Crippen molar-refractivity contribution in [1.29, 1.82) is 0 Å². The minimum atomic E-state index is -0.331. The number of aromatic nitrogens is 5. The minimum Gasteiger partial charge on any atom is -0.347 e. The van der Waals surface area contributed by atoms with Crippen molar-refractivity contribution in [2.24, 2.45) is 0 Å². The van der Waals surface area contributed by atoms with E-state index in [4.69, 9.17) is 0 Å². The van der Waals surface area contributed by atoms with Gasteiger partial charge in [-0.1, -0.05) is 36.0 Å². The summed E-state index contributed by atoms with van der Waals surface area (Å²) < 4.78 is 16.8. The molecule has 2 heterocycles. The predicted octanol–water partition coefficient (Wildman–Crippen LogP) is 3.30. The third-order valence-electron chi connectivity index (χ3n) is 4.52. The Balaban J connectivity index is 1.45. The SMILES string of the molecule is CSc1ncc(C(=O)NCc2ccc(Cn3cncn3)cc2)n1-c1ccc(F)cc1. The second-order valence-electron chi connectivity index (χ2n) is 6.53. The number of imidazole rings is 1. The maximum Gasteiger partial charge on any atom is 0.270 e. The second-order valence-corrected chi connectivity index (χ2v) is 7.31. The minimum absolute atomic E-state index is 0.251. The van der Waals surface area contributed by atoms with Gasteiger partial charge in [0, 0.05) is 12.2 Å². The normalized spacial score (nSPS) is 10.9. The molecular weight excluding hydrogens is 403 g/mol. The lowest BCUT2D eigenvalue weighted by molar-refractivity contribution is 0.0943. The molecule has 0 spiro atoms. The first-order valence-corrected chi connectivity index (χ1v) is 10.4. The molecule has 1 amide bonds. The molecule has 0 bridgehead atoms. The van der Waals surface area contributed by atoms with Gasteiger partial charge in [-0.15, -0.1) is 0 Å². The molecule has 0 aliphatic heterocycles. The van der Waals surface area contributed by atoms with Crippen molar-refractivity contribution in [2.75, 3.05) is 6.26 Å². The molecule has 30 heavy (non-hydrogen) atoms. The summed E-state index contributed by atoms with van der Waals surface area (Å²) in [5.74, 6) is -0.582. The second kappa shape index (κ2) is 8.91. The Bertz CT molecular complexity index is 1120. The average molecular weight is 422 g/mol. The van der Waals surface area contributed by atoms with Crippen LogP contribution in [-0.4, -0.2) is 36.5 Å². The molecule has 9 heteroatoms. The number of halogens is 1. The number of benzene rings is 2. The van der Waals surface area contributed by atoms with E-state index in [1.54, 1.807) is 27.7 Å². The van der Waals surface area contributed by atoms with Gasteiger partial charge in [0.05, 0.1) is 12.7 Å². The van der Waals surface area contributed by atoms with Crippen molar-refractivity contribution in [1.82, 2.24) is 29.6 Å². The summed E-state index contributed by atoms with van der Waals surface area (Å²) in [4.78, 5) is 21.1. The zero-order chi connectivity index (χ0) is 20.9. The van der Waals surface area contributed by atoms with E-state index in [0.717, 1.165) is 11.1 Å². The average Bonchev–Trinajstić information content (AvgIpc) is 3.43. The maximum absolute atomic E-state index is 13.3. The highest BCUT2D eigenvalue weighted by atomic mass is 32.2. The van der Waals surface area contributed by atoms with E-state index in [1.165, 1.54) is 36.4 Å². The summed E-state index contributed by atoms with van der Waals surface area (Å²) >= 11 is 1.42. The van der Waals surface area contributed by atoms with Crippen molar-refractivity contribution in [2.45, 2.75) is 18.2 Å². The molecule has 0 saturated heterocycles. The molecule has 4 aromatic rings. The number of carbonyl (C=O) groups is 1. The van der Waals surface area contributed by atoms with E-state index in [2.05, 4.69) is 20.4 Å². The Morgan fingerprint density at radius 3 is 2.50 bits per heavy atom. The highest BCUT2D eigenvalue weighted by molar-refractivity contribution is 7.98. The van der Waals surface area contributed by atoms with Gasteiger partial charge in [-0.2, -0.15) is 5.10 Å². The molecule has 7 nitrogen and oxygen atoms in total. The quantitative estimate of drug-likeness (QED) is 0.463. The Morgan fingerprint density at radius 2 is 1.83 bits per heavy atom. The lowest BCUT2D eigenvalue weighted by atomic mass is 10.1. The summed E-state index contributed by atoms with van der Waals surface area (Å²) in [6.45, 7) is 1.02. The summed E-state index contributed by atoms with van der Waals surface area (Å²) in [5, 5.41) is 7.68. The fraction of sp³-hybridized carbons (Fsp3) is 0.143. The van der Waals surface area contributed by atoms with E-state index in [1.807, 2.05) is 30.5 Å². The van der Waals surface area contributed by atoms with Crippen LogP contribution in [0.4, 0.5) is 4.39 Å². The lowest BCUT2D eigenvalue weighted by Gasteiger charge is -2.11. The molecule has 2 aromatic carbocycles. The largest absolute Gasteiger partial charge is 0.347 e. The smallest absolute Gasteiger partial charge is 0.270 e. The molecular formula is C21H19FN6OS. The standard InChI is InChI=1S/C21H19FN6OS/c1-30-21-25-11-19(28(21)18-8-6-17(22)7-9-18)20(29)24-10-15-2-4-16(5-3-15)12-27-14-23-13-26-27/h2-9,11,13-14H,10,12H2,1H3,(H,24,29). The molecule has 4 rings (SSSR count). The van der Waals surface area contributed by atoms with Crippen LogP contribution in [0.5, 0.6) is 0 Å². The molecule has 0 fully saturated rings. The zero-order valence-electron chi connectivity index (χ0n) is 16.2. The predicted molar refractivity (Wildman–Crippen MR) is 112 cm³/mol. The van der Waals surface area contributed by atoms with Crippen molar-refractivity contribution >= 4 is 17.7 Å². The molecule has 0 unspecified atom stereocenters. The highest BCUT2D eigenvalue weighted by Gasteiger charge is 2.17. The van der Waals surface area contributed by atoms with Gasteiger partial charge in [-0.05, 0) is 41.6 Å². The Morgan fingerprint density at radius 1 is 1.10 bits per heavy atom. The van der Waals surface area contributed by atoms with Crippen LogP contribution in [0.2, 0.25) is 0 Å². The highest BCUT2D eigenvalue weighted by Crippen LogP contribution is 2.22. The fourth-order valence-corrected chi connectivity index (χ4v) is 3.56. The molecule has 0 saturated carbocycles. The van der Waals surface area contributed by atoms with Crippen LogP contribution in [0.3, 0.4) is 0 Å². The van der Waals surface area contributed by atoms with Crippen LogP contribution in [0.1, 0.15) is 21.6 Å². The summed E-state index contributed by atoms with van der Waals surface area (Å²) in [7, 11) is 0. The van der Waals surface area contributed by atoms with Gasteiger partial charge in [-0.3, -0.25) is 9.36 Å². The molecule has 2 aromatic heterocycles. The number of thioether (sulfide) groups is 1. The first kappa shape index (κ1) is 19.8. The first-order chi connectivity index (χ1) is 14.6. The molecule has 152 valence electrons. The van der Waals surface area contributed by atoms with Crippen LogP contribution >= 0.6 is 11.8 Å². The molecule has 0 aliphatic rings. The monoisotopic (exact) mass is 422 g/mol. The maximum atomic E-state index is 13.3. The van der Waals surface area contributed by atoms with Gasteiger partial charge < -0.3 is 5.32 Å². The van der Waals surface area contributed by atoms with Crippen LogP contribution in [0.15, 0.2) is 72.5 Å². The van der Waals surface area contributed by atoms with Crippen LogP contribution in [-0.2, 0) is 13.1 Å². The molecule has 0 atom stereocenters. The van der Waals surface area contributed by atoms with Crippen LogP contribution < -0.4 is 5.32 Å². The number of amides is 1. The van der Waals surface area contributed by atoms with Crippen LogP contribution in [0.25, 0.3) is 5.69 Å². The van der Waals surface area contributed by atoms with Gasteiger partial charge >= 0.3 is 0 Å². The lowest BCUT2D eigenvalue weighted by Crippen LogP contribution is -2.25. The number of hydrogen-bond donors (Lipinski definition) is 1. The third-order valence-corrected chi connectivity index (χ3v) is 5.17. The number of rotatable bonds is 7. The molecule has 1 N–H and O–H groups in total. The van der Waals surface area contributed by atoms with Gasteiger partial charge in [-0.25, -0.2) is 19.0 Å². The molecule has 0 radical (unpaired) electrons. The van der Waals surface area contributed by atoms with E-state index in [9.17, 15) is 9.18 Å². The van der Waals surface area contributed by atoms with Gasteiger partial charge in [0.25, 0.3) is 5.91 Å². The Hall–Kier alpha value is -3.46. The fourth-order valence-electron chi connectivity index (χ4n) is 3.02. The van der Waals surface area contributed by atoms with Crippen molar-refractivity contribution in [3.8, 4) is 5.69 Å². The van der Waals surface area contributed by atoms with Crippen molar-refractivity contribution < 1.29 is 9.18 Å². The van der Waals surface area contributed by atoms with Crippen molar-refractivity contribution in [3.63, 3.8) is 0 Å². The van der Waals surface area contributed by atoms with Crippen molar-refractivity contribution in [3.05, 3.63) is 90.0 Å². The number of hydrogen-bond acceptors (Lipinski definition) is 5. The third kappa shape index (κ3) is 4.41. The van der Waals surface area contributed by atoms with E-state index >= 15 is 0 Å². The number of carbonyl (C=O) groups excluding carboxylic acids is 1. The van der Waals surface area contributed by atoms with Gasteiger partial charge in [0.2, 0.25) is 0 Å². The van der Waals surface area contributed by atoms with E-state index < -0.39 is 0 Å². The number of nitrogens with zero attached hydrogens (tertiary/aromatic N) is 5. The van der Waals surface area contributed by atoms with E-state index in [0.29, 0.717) is 29.6 Å². The van der Waals surface area contributed by atoms with Gasteiger partial charge in [0.15, 0.2) is 5.16 Å². The number of nitrogens with one attached hydrogen (secondary N) is 1.